The summed E-state index contributed by atoms with van der Waals surface area (Å²) in [5.74, 6) is 1.85. The highest BCUT2D eigenvalue weighted by Crippen LogP contribution is 2.22. The molecule has 1 heterocycles. The highest BCUT2D eigenvalue weighted by atomic mass is 32.2. The number of thioether (sulfide) groups is 1. The van der Waals surface area contributed by atoms with Crippen molar-refractivity contribution in [3.8, 4) is 0 Å². The molecule has 0 aromatic heterocycles. The van der Waals surface area contributed by atoms with Crippen LogP contribution in [-0.4, -0.2) is 35.4 Å². The van der Waals surface area contributed by atoms with Gasteiger partial charge in [0.2, 0.25) is 0 Å². The molecule has 1 aliphatic rings. The van der Waals surface area contributed by atoms with Crippen molar-refractivity contribution in [1.29, 1.82) is 0 Å². The van der Waals surface area contributed by atoms with Crippen LogP contribution < -0.4 is 5.32 Å². The van der Waals surface area contributed by atoms with Gasteiger partial charge < -0.3 is 5.32 Å². The van der Waals surface area contributed by atoms with Gasteiger partial charge in [0.05, 0.1) is 0 Å². The maximum Gasteiger partial charge on any atom is 0.255 e. The second-order valence-electron chi connectivity index (χ2n) is 6.40. The van der Waals surface area contributed by atoms with Crippen LogP contribution in [0.5, 0.6) is 0 Å². The van der Waals surface area contributed by atoms with Crippen molar-refractivity contribution in [2.24, 2.45) is 0 Å². The topological polar surface area (TPSA) is 32.3 Å². The molecule has 2 aromatic rings. The quantitative estimate of drug-likeness (QED) is 0.887. The molecule has 2 aromatic carbocycles. The van der Waals surface area contributed by atoms with E-state index < -0.39 is 0 Å². The number of halogens is 1. The van der Waals surface area contributed by atoms with Crippen molar-refractivity contribution in [2.45, 2.75) is 20.4 Å². The minimum atomic E-state index is -0.297. The molecule has 3 rings (SSSR count). The van der Waals surface area contributed by atoms with E-state index in [1.165, 1.54) is 29.2 Å². The highest BCUT2D eigenvalue weighted by Gasteiger charge is 2.14. The van der Waals surface area contributed by atoms with E-state index in [2.05, 4.69) is 16.3 Å². The number of nitrogens with one attached hydrogen (secondary N) is 1. The fraction of sp³-hybridized carbons (Fsp3) is 0.350. The summed E-state index contributed by atoms with van der Waals surface area (Å²) in [6.45, 7) is 6.82. The molecule has 1 amide bonds. The van der Waals surface area contributed by atoms with E-state index in [0.717, 1.165) is 30.9 Å². The molecule has 5 heteroatoms. The van der Waals surface area contributed by atoms with Gasteiger partial charge >= 0.3 is 0 Å². The lowest BCUT2D eigenvalue weighted by Crippen LogP contribution is -2.32. The van der Waals surface area contributed by atoms with E-state index in [9.17, 15) is 9.18 Å². The zero-order chi connectivity index (χ0) is 17.8. The van der Waals surface area contributed by atoms with E-state index in [1.54, 1.807) is 13.0 Å². The number of carbonyl (C=O) groups excluding carboxylic acids is 1. The van der Waals surface area contributed by atoms with Crippen LogP contribution >= 0.6 is 11.8 Å². The van der Waals surface area contributed by atoms with Gasteiger partial charge in [-0.05, 0) is 54.8 Å². The highest BCUT2D eigenvalue weighted by molar-refractivity contribution is 7.99. The summed E-state index contributed by atoms with van der Waals surface area (Å²) < 4.78 is 13.4. The Morgan fingerprint density at radius 1 is 1.20 bits per heavy atom. The van der Waals surface area contributed by atoms with E-state index in [0.29, 0.717) is 11.1 Å². The summed E-state index contributed by atoms with van der Waals surface area (Å²) >= 11 is 2.00. The number of anilines is 1. The van der Waals surface area contributed by atoms with E-state index >= 15 is 0 Å². The van der Waals surface area contributed by atoms with Crippen LogP contribution in [0.1, 0.15) is 27.0 Å². The molecule has 0 spiro atoms. The third-order valence-corrected chi connectivity index (χ3v) is 5.55. The maximum absolute atomic E-state index is 13.4. The largest absolute Gasteiger partial charge is 0.322 e. The molecule has 0 aliphatic carbocycles. The van der Waals surface area contributed by atoms with Crippen LogP contribution in [-0.2, 0) is 6.54 Å². The number of amides is 1. The second kappa shape index (κ2) is 8.02. The zero-order valence-electron chi connectivity index (χ0n) is 14.6. The molecule has 25 heavy (non-hydrogen) atoms. The first-order valence-electron chi connectivity index (χ1n) is 8.50. The van der Waals surface area contributed by atoms with Crippen molar-refractivity contribution < 1.29 is 9.18 Å². The molecule has 1 N–H and O–H groups in total. The molecule has 0 atom stereocenters. The number of hydrogen-bond acceptors (Lipinski definition) is 3. The molecule has 0 unspecified atom stereocenters. The molecule has 1 aliphatic heterocycles. The summed E-state index contributed by atoms with van der Waals surface area (Å²) in [4.78, 5) is 14.9. The number of aryl methyl sites for hydroxylation is 1. The molecular weight excluding hydrogens is 335 g/mol. The Labute approximate surface area is 152 Å². The number of nitrogens with zero attached hydrogens (tertiary/aromatic N) is 1. The van der Waals surface area contributed by atoms with Crippen molar-refractivity contribution in [2.75, 3.05) is 29.9 Å². The van der Waals surface area contributed by atoms with Gasteiger partial charge in [0.25, 0.3) is 5.91 Å². The molecule has 0 radical (unpaired) electrons. The average Bonchev–Trinajstić information content (AvgIpc) is 2.61. The monoisotopic (exact) mass is 358 g/mol. The molecule has 0 saturated carbocycles. The molecule has 1 saturated heterocycles. The summed E-state index contributed by atoms with van der Waals surface area (Å²) in [6.07, 6.45) is 0. The van der Waals surface area contributed by atoms with Crippen molar-refractivity contribution >= 4 is 23.4 Å². The number of rotatable bonds is 4. The summed E-state index contributed by atoms with van der Waals surface area (Å²) in [7, 11) is 0. The lowest BCUT2D eigenvalue weighted by molar-refractivity contribution is 0.102. The minimum Gasteiger partial charge on any atom is -0.322 e. The van der Waals surface area contributed by atoms with Crippen molar-refractivity contribution in [3.63, 3.8) is 0 Å². The van der Waals surface area contributed by atoms with Gasteiger partial charge in [-0.25, -0.2) is 4.39 Å². The standard InChI is InChI=1S/C20H23FN2OS/c1-14-12-16(6-7-18(14)21)20(24)22-19-5-3-4-17(15(19)2)13-23-8-10-25-11-9-23/h3-7,12H,8-11,13H2,1-2H3,(H,22,24). The van der Waals surface area contributed by atoms with Crippen LogP contribution in [0.25, 0.3) is 0 Å². The Hall–Kier alpha value is -1.85. The van der Waals surface area contributed by atoms with Gasteiger partial charge in [-0.1, -0.05) is 12.1 Å². The predicted octanol–water partition coefficient (Wildman–Crippen LogP) is 4.24. The van der Waals surface area contributed by atoms with Crippen LogP contribution in [0.2, 0.25) is 0 Å². The minimum absolute atomic E-state index is 0.210. The summed E-state index contributed by atoms with van der Waals surface area (Å²) in [5, 5.41) is 2.97. The van der Waals surface area contributed by atoms with E-state index in [1.807, 2.05) is 30.8 Å². The Balaban J connectivity index is 1.74. The smallest absolute Gasteiger partial charge is 0.255 e. The van der Waals surface area contributed by atoms with Gasteiger partial charge in [-0.3, -0.25) is 9.69 Å². The Kier molecular flexibility index (Phi) is 5.76. The lowest BCUT2D eigenvalue weighted by Gasteiger charge is -2.27. The van der Waals surface area contributed by atoms with Crippen LogP contribution in [0.15, 0.2) is 36.4 Å². The fourth-order valence-corrected chi connectivity index (χ4v) is 3.95. The van der Waals surface area contributed by atoms with Gasteiger partial charge in [0.15, 0.2) is 0 Å². The fourth-order valence-electron chi connectivity index (χ4n) is 2.97. The van der Waals surface area contributed by atoms with E-state index in [-0.39, 0.29) is 11.7 Å². The molecule has 0 bridgehead atoms. The molecule has 1 fully saturated rings. The Morgan fingerprint density at radius 3 is 2.68 bits per heavy atom. The first-order valence-corrected chi connectivity index (χ1v) is 9.66. The predicted molar refractivity (Wildman–Crippen MR) is 103 cm³/mol. The van der Waals surface area contributed by atoms with E-state index in [4.69, 9.17) is 0 Å². The third-order valence-electron chi connectivity index (χ3n) is 4.61. The SMILES string of the molecule is Cc1cc(C(=O)Nc2cccc(CN3CCSCC3)c2C)ccc1F. The number of benzene rings is 2. The van der Waals surface area contributed by atoms with Gasteiger partial charge in [-0.15, -0.1) is 0 Å². The van der Waals surface area contributed by atoms with Crippen LogP contribution in [0.3, 0.4) is 0 Å². The Bertz CT molecular complexity index is 772. The first kappa shape index (κ1) is 18.0. The average molecular weight is 358 g/mol. The van der Waals surface area contributed by atoms with Gasteiger partial charge in [-0.2, -0.15) is 11.8 Å². The summed E-state index contributed by atoms with van der Waals surface area (Å²) in [6, 6.07) is 10.4. The van der Waals surface area contributed by atoms with Crippen LogP contribution in [0.4, 0.5) is 10.1 Å². The second-order valence-corrected chi connectivity index (χ2v) is 7.62. The Morgan fingerprint density at radius 2 is 1.96 bits per heavy atom. The first-order chi connectivity index (χ1) is 12.0. The van der Waals surface area contributed by atoms with Crippen LogP contribution in [0, 0.1) is 19.7 Å². The number of carbonyl (C=O) groups is 1. The molecule has 132 valence electrons. The van der Waals surface area contributed by atoms with Crippen molar-refractivity contribution in [1.82, 2.24) is 4.90 Å². The summed E-state index contributed by atoms with van der Waals surface area (Å²) in [5.41, 5.74) is 4.08. The van der Waals surface area contributed by atoms with Gasteiger partial charge in [0.1, 0.15) is 5.82 Å². The molecular formula is C20H23FN2OS. The molecule has 3 nitrogen and oxygen atoms in total. The normalized spacial score (nSPS) is 15.2. The lowest BCUT2D eigenvalue weighted by atomic mass is 10.1. The van der Waals surface area contributed by atoms with Crippen molar-refractivity contribution in [3.05, 3.63) is 64.5 Å². The van der Waals surface area contributed by atoms with Gasteiger partial charge in [0, 0.05) is 42.4 Å². The number of hydrogen-bond donors (Lipinski definition) is 1. The zero-order valence-corrected chi connectivity index (χ0v) is 15.5. The maximum atomic E-state index is 13.4. The third kappa shape index (κ3) is 4.41.